The van der Waals surface area contributed by atoms with E-state index in [0.717, 1.165) is 0 Å². The SMILES string of the molecule is CC1C(C)N1O. The summed E-state index contributed by atoms with van der Waals surface area (Å²) in [6, 6.07) is 0.815. The van der Waals surface area contributed by atoms with Crippen LogP contribution >= 0.6 is 0 Å². The zero-order valence-corrected chi connectivity index (χ0v) is 4.05. The molecule has 0 aliphatic carbocycles. The van der Waals surface area contributed by atoms with Gasteiger partial charge < -0.3 is 5.21 Å². The second kappa shape index (κ2) is 0.950. The van der Waals surface area contributed by atoms with Gasteiger partial charge in [-0.05, 0) is 13.8 Å². The third-order valence-electron chi connectivity index (χ3n) is 1.44. The lowest BCUT2D eigenvalue weighted by molar-refractivity contribution is 0.00964. The minimum Gasteiger partial charge on any atom is -0.313 e. The molecular weight excluding hydrogens is 78.0 g/mol. The molecule has 0 bridgehead atoms. The smallest absolute Gasteiger partial charge is 0.0501 e. The molecule has 2 heteroatoms. The lowest BCUT2D eigenvalue weighted by Crippen LogP contribution is -1.87. The van der Waals surface area contributed by atoms with Crippen LogP contribution in [0, 0.1) is 0 Å². The van der Waals surface area contributed by atoms with E-state index >= 15 is 0 Å². The maximum atomic E-state index is 8.54. The van der Waals surface area contributed by atoms with Crippen LogP contribution in [0.1, 0.15) is 13.8 Å². The number of hydrogen-bond donors (Lipinski definition) is 1. The first kappa shape index (κ1) is 4.09. The summed E-state index contributed by atoms with van der Waals surface area (Å²) in [5, 5.41) is 9.87. The van der Waals surface area contributed by atoms with Crippen molar-refractivity contribution in [3.63, 3.8) is 0 Å². The zero-order chi connectivity index (χ0) is 4.73. The van der Waals surface area contributed by atoms with E-state index < -0.39 is 0 Å². The fourth-order valence-corrected chi connectivity index (χ4v) is 0.484. The van der Waals surface area contributed by atoms with Gasteiger partial charge in [-0.2, -0.15) is 5.06 Å². The van der Waals surface area contributed by atoms with Crippen LogP contribution in [0.25, 0.3) is 0 Å². The average molecular weight is 87.1 g/mol. The molecule has 1 aliphatic rings. The molecule has 0 radical (unpaired) electrons. The molecule has 1 aliphatic heterocycles. The third kappa shape index (κ3) is 0.340. The minimum atomic E-state index is 0.407. The molecule has 0 aromatic carbocycles. The molecule has 2 atom stereocenters. The molecule has 36 valence electrons. The first-order valence-electron chi connectivity index (χ1n) is 2.20. The largest absolute Gasteiger partial charge is 0.313 e. The van der Waals surface area contributed by atoms with Crippen molar-refractivity contribution in [2.75, 3.05) is 0 Å². The van der Waals surface area contributed by atoms with Crippen LogP contribution in [0.3, 0.4) is 0 Å². The van der Waals surface area contributed by atoms with Crippen LogP contribution in [-0.2, 0) is 0 Å². The van der Waals surface area contributed by atoms with Crippen LogP contribution in [0.15, 0.2) is 0 Å². The van der Waals surface area contributed by atoms with Crippen molar-refractivity contribution in [2.24, 2.45) is 0 Å². The fraction of sp³-hybridized carbons (Fsp3) is 1.00. The standard InChI is InChI=1S/C4H9NO/c1-3-4(2)5(3)6/h3-4,6H,1-2H3. The van der Waals surface area contributed by atoms with Gasteiger partial charge in [-0.1, -0.05) is 0 Å². The predicted molar refractivity (Wildman–Crippen MR) is 22.5 cm³/mol. The van der Waals surface area contributed by atoms with Gasteiger partial charge in [0.05, 0.1) is 12.1 Å². The molecule has 6 heavy (non-hydrogen) atoms. The molecule has 0 aromatic rings. The van der Waals surface area contributed by atoms with Crippen molar-refractivity contribution >= 4 is 0 Å². The van der Waals surface area contributed by atoms with Crippen LogP contribution in [0.5, 0.6) is 0 Å². The van der Waals surface area contributed by atoms with E-state index in [1.807, 2.05) is 13.8 Å². The van der Waals surface area contributed by atoms with Crippen molar-refractivity contribution in [1.29, 1.82) is 0 Å². The second-order valence-corrected chi connectivity index (χ2v) is 1.86. The Morgan fingerprint density at radius 2 is 1.50 bits per heavy atom. The average Bonchev–Trinajstić information content (AvgIpc) is 1.94. The molecule has 2 nitrogen and oxygen atoms in total. The molecule has 1 rings (SSSR count). The molecule has 0 amide bonds. The Balaban J connectivity index is 2.31. The molecule has 0 aromatic heterocycles. The van der Waals surface area contributed by atoms with Crippen molar-refractivity contribution in [2.45, 2.75) is 25.9 Å². The predicted octanol–water partition coefficient (Wildman–Crippen LogP) is 0.468. The van der Waals surface area contributed by atoms with E-state index in [9.17, 15) is 0 Å². The molecule has 2 unspecified atom stereocenters. The van der Waals surface area contributed by atoms with Gasteiger partial charge in [0.25, 0.3) is 0 Å². The Morgan fingerprint density at radius 1 is 1.33 bits per heavy atom. The first-order chi connectivity index (χ1) is 2.73. The Morgan fingerprint density at radius 3 is 1.50 bits per heavy atom. The van der Waals surface area contributed by atoms with Crippen molar-refractivity contribution in [3.05, 3.63) is 0 Å². The van der Waals surface area contributed by atoms with Crippen LogP contribution in [0.2, 0.25) is 0 Å². The minimum absolute atomic E-state index is 0.407. The van der Waals surface area contributed by atoms with E-state index in [2.05, 4.69) is 0 Å². The van der Waals surface area contributed by atoms with Crippen LogP contribution in [0.4, 0.5) is 0 Å². The van der Waals surface area contributed by atoms with Crippen molar-refractivity contribution in [1.82, 2.24) is 5.06 Å². The highest BCUT2D eigenvalue weighted by Gasteiger charge is 2.38. The summed E-state index contributed by atoms with van der Waals surface area (Å²) in [4.78, 5) is 0. The van der Waals surface area contributed by atoms with Gasteiger partial charge in [0.15, 0.2) is 0 Å². The topological polar surface area (TPSA) is 23.2 Å². The normalized spacial score (nSPS) is 55.5. The molecule has 1 fully saturated rings. The second-order valence-electron chi connectivity index (χ2n) is 1.86. The van der Waals surface area contributed by atoms with Crippen molar-refractivity contribution < 1.29 is 5.21 Å². The van der Waals surface area contributed by atoms with E-state index in [0.29, 0.717) is 12.1 Å². The Labute approximate surface area is 37.3 Å². The highest BCUT2D eigenvalue weighted by molar-refractivity contribution is 4.87. The summed E-state index contributed by atoms with van der Waals surface area (Å²) < 4.78 is 0. The summed E-state index contributed by atoms with van der Waals surface area (Å²) >= 11 is 0. The van der Waals surface area contributed by atoms with E-state index in [1.54, 1.807) is 0 Å². The van der Waals surface area contributed by atoms with E-state index in [1.165, 1.54) is 5.06 Å². The van der Waals surface area contributed by atoms with Crippen molar-refractivity contribution in [3.8, 4) is 0 Å². The summed E-state index contributed by atoms with van der Waals surface area (Å²) in [7, 11) is 0. The number of rotatable bonds is 0. The molecular formula is C4H9NO. The molecule has 1 saturated heterocycles. The molecule has 1 heterocycles. The highest BCUT2D eigenvalue weighted by Crippen LogP contribution is 2.22. The molecule has 0 saturated carbocycles. The zero-order valence-electron chi connectivity index (χ0n) is 4.05. The van der Waals surface area contributed by atoms with Gasteiger partial charge in [-0.25, -0.2) is 0 Å². The maximum Gasteiger partial charge on any atom is 0.0501 e. The molecule has 0 spiro atoms. The van der Waals surface area contributed by atoms with Gasteiger partial charge in [-0.3, -0.25) is 0 Å². The summed E-state index contributed by atoms with van der Waals surface area (Å²) in [6.45, 7) is 3.98. The van der Waals surface area contributed by atoms with E-state index in [-0.39, 0.29) is 0 Å². The van der Waals surface area contributed by atoms with Crippen LogP contribution < -0.4 is 0 Å². The Bertz CT molecular complexity index is 44.3. The third-order valence-corrected chi connectivity index (χ3v) is 1.44. The van der Waals surface area contributed by atoms with Gasteiger partial charge >= 0.3 is 0 Å². The van der Waals surface area contributed by atoms with Gasteiger partial charge in [0, 0.05) is 0 Å². The number of nitrogens with zero attached hydrogens (tertiary/aromatic N) is 1. The Hall–Kier alpha value is -0.0800. The summed E-state index contributed by atoms with van der Waals surface area (Å²) in [5.41, 5.74) is 0. The monoisotopic (exact) mass is 87.1 g/mol. The highest BCUT2D eigenvalue weighted by atomic mass is 16.5. The van der Waals surface area contributed by atoms with Gasteiger partial charge in [-0.15, -0.1) is 0 Å². The Kier molecular flexibility index (Phi) is 0.648. The maximum absolute atomic E-state index is 8.54. The molecule has 1 N–H and O–H groups in total. The first-order valence-corrected chi connectivity index (χ1v) is 2.20. The van der Waals surface area contributed by atoms with Gasteiger partial charge in [0.1, 0.15) is 0 Å². The van der Waals surface area contributed by atoms with Crippen LogP contribution in [-0.4, -0.2) is 22.4 Å². The van der Waals surface area contributed by atoms with Gasteiger partial charge in [0.2, 0.25) is 0 Å². The lowest BCUT2D eigenvalue weighted by Gasteiger charge is -1.77. The summed E-state index contributed by atoms with van der Waals surface area (Å²) in [5.74, 6) is 0. The summed E-state index contributed by atoms with van der Waals surface area (Å²) in [6.07, 6.45) is 0. The quantitative estimate of drug-likeness (QED) is 0.434. The fourth-order valence-electron chi connectivity index (χ4n) is 0.484. The van der Waals surface area contributed by atoms with E-state index in [4.69, 9.17) is 5.21 Å². The number of hydrogen-bond acceptors (Lipinski definition) is 2. The lowest BCUT2D eigenvalue weighted by atomic mass is 10.4. The number of hydroxylamine groups is 2.